The summed E-state index contributed by atoms with van der Waals surface area (Å²) in [6.07, 6.45) is 0.412. The van der Waals surface area contributed by atoms with Gasteiger partial charge in [-0.3, -0.25) is 4.55 Å². The van der Waals surface area contributed by atoms with Crippen LogP contribution < -0.4 is 113 Å². The van der Waals surface area contributed by atoms with Crippen LogP contribution in [0.3, 0.4) is 0 Å². The Kier molecular flexibility index (Phi) is 15.4. The maximum Gasteiger partial charge on any atom is 1.00 e. The summed E-state index contributed by atoms with van der Waals surface area (Å²) in [7, 11) is -5.16. The second-order valence-electron chi connectivity index (χ2n) is 5.05. The van der Waals surface area contributed by atoms with Gasteiger partial charge in [0.1, 0.15) is 5.25 Å². The topological polar surface area (TPSA) is 135 Å². The van der Waals surface area contributed by atoms with E-state index in [4.69, 9.17) is 0 Å². The molecule has 0 amide bonds. The van der Waals surface area contributed by atoms with Crippen LogP contribution in [0.15, 0.2) is 0 Å². The van der Waals surface area contributed by atoms with Crippen LogP contribution in [0.25, 0.3) is 0 Å². The third-order valence-corrected chi connectivity index (χ3v) is 5.33. The Labute approximate surface area is 216 Å². The predicted octanol–water partition coefficient (Wildman–Crippen LogP) is -7.17. The van der Waals surface area contributed by atoms with Gasteiger partial charge in [0.15, 0.2) is 0 Å². The molecule has 10 heteroatoms. The number of carbonyl (C=O) groups excluding carboxylic acids is 2. The zero-order chi connectivity index (χ0) is 16.3. The number of carboxylic acid groups (broad SMARTS) is 2. The van der Waals surface area contributed by atoms with E-state index >= 15 is 0 Å². The molecule has 0 aromatic heterocycles. The van der Waals surface area contributed by atoms with Crippen LogP contribution in [0.1, 0.15) is 40.5 Å². The van der Waals surface area contributed by atoms with Crippen molar-refractivity contribution in [2.45, 2.75) is 45.8 Å². The number of carbonyl (C=O) groups is 2. The van der Waals surface area contributed by atoms with Gasteiger partial charge in [0, 0.05) is 11.4 Å². The van der Waals surface area contributed by atoms with E-state index in [-0.39, 0.29) is 116 Å². The molecular weight excluding hydrogens is 366 g/mol. The van der Waals surface area contributed by atoms with Gasteiger partial charge >= 0.3 is 103 Å². The minimum absolute atomic E-state index is 0. The summed E-state index contributed by atoms with van der Waals surface area (Å²) in [6.45, 7) is 6.04. The molecule has 0 spiro atoms. The monoisotopic (exact) mass is 386 g/mol. The summed E-state index contributed by atoms with van der Waals surface area (Å²) >= 11 is 0. The van der Waals surface area contributed by atoms with Crippen LogP contribution in [-0.4, -0.2) is 30.2 Å². The second-order valence-corrected chi connectivity index (χ2v) is 6.55. The van der Waals surface area contributed by atoms with Crippen molar-refractivity contribution < 1.29 is 136 Å². The van der Waals surface area contributed by atoms with Gasteiger partial charge in [-0.25, -0.2) is 0 Å². The summed E-state index contributed by atoms with van der Waals surface area (Å²) in [5.74, 6) is -5.63. The maximum atomic E-state index is 11.6. The molecule has 0 saturated heterocycles. The molecule has 0 radical (unpaired) electrons. The first kappa shape index (κ1) is 28.9. The molecule has 0 saturated carbocycles. The summed E-state index contributed by atoms with van der Waals surface area (Å²) in [5, 5.41) is 20.3. The quantitative estimate of drug-likeness (QED) is 0.323. The number of aliphatic carboxylic acids is 2. The molecule has 0 fully saturated rings. The maximum absolute atomic E-state index is 11.6. The van der Waals surface area contributed by atoms with Crippen molar-refractivity contribution in [2.24, 2.45) is 17.3 Å². The molecule has 0 aliphatic heterocycles. The standard InChI is InChI=1S/C12H22O7S.2K/c1-5-7(3)12(11(15)16,8(4)6-2)9(10(13)14)20(17,18)19;;/h7-9H,5-6H2,1-4H3,(H,13,14)(H,15,16)(H,17,18,19);;/q;2*+1/p-2. The third kappa shape index (κ3) is 6.13. The van der Waals surface area contributed by atoms with E-state index in [0.29, 0.717) is 0 Å². The zero-order valence-corrected chi connectivity index (χ0v) is 21.0. The molecule has 7 nitrogen and oxygen atoms in total. The van der Waals surface area contributed by atoms with Crippen LogP contribution in [0.5, 0.6) is 0 Å². The first-order chi connectivity index (χ1) is 8.97. The molecule has 0 aromatic carbocycles. The molecule has 0 aliphatic rings. The van der Waals surface area contributed by atoms with Crippen LogP contribution in [0.2, 0.25) is 0 Å². The van der Waals surface area contributed by atoms with Crippen LogP contribution in [0.4, 0.5) is 0 Å². The summed E-state index contributed by atoms with van der Waals surface area (Å²) < 4.78 is 32.0. The van der Waals surface area contributed by atoms with Gasteiger partial charge < -0.3 is 19.8 Å². The number of hydrogen-bond acceptors (Lipinski definition) is 6. The minimum atomic E-state index is -5.16. The van der Waals surface area contributed by atoms with Gasteiger partial charge in [-0.15, -0.1) is 0 Å². The van der Waals surface area contributed by atoms with Crippen molar-refractivity contribution in [1.29, 1.82) is 0 Å². The number of hydrogen-bond donors (Lipinski definition) is 1. The number of carboxylic acids is 2. The Morgan fingerprint density at radius 2 is 1.36 bits per heavy atom. The van der Waals surface area contributed by atoms with Crippen molar-refractivity contribution in [2.75, 3.05) is 0 Å². The molecular formula is C12H20K2O7S. The van der Waals surface area contributed by atoms with E-state index in [1.165, 1.54) is 13.8 Å². The van der Waals surface area contributed by atoms with Crippen LogP contribution >= 0.6 is 0 Å². The van der Waals surface area contributed by atoms with Gasteiger partial charge in [0.25, 0.3) is 10.1 Å². The molecule has 22 heavy (non-hydrogen) atoms. The zero-order valence-electron chi connectivity index (χ0n) is 14.0. The molecule has 0 rings (SSSR count). The summed E-state index contributed by atoms with van der Waals surface area (Å²) in [5.41, 5.74) is -2.25. The van der Waals surface area contributed by atoms with Gasteiger partial charge in [-0.05, 0) is 11.8 Å². The predicted molar refractivity (Wildman–Crippen MR) is 66.7 cm³/mol. The average molecular weight is 387 g/mol. The first-order valence-electron chi connectivity index (χ1n) is 6.36. The van der Waals surface area contributed by atoms with Gasteiger partial charge in [0.2, 0.25) is 0 Å². The fourth-order valence-corrected chi connectivity index (χ4v) is 4.05. The third-order valence-electron chi connectivity index (χ3n) is 4.15. The Balaban J connectivity index is -0.00000180. The Morgan fingerprint density at radius 3 is 1.50 bits per heavy atom. The molecule has 3 atom stereocenters. The Hall–Kier alpha value is 2.12. The van der Waals surface area contributed by atoms with E-state index in [1.54, 1.807) is 13.8 Å². The van der Waals surface area contributed by atoms with Gasteiger partial charge in [0.05, 0.1) is 5.97 Å². The van der Waals surface area contributed by atoms with Crippen molar-refractivity contribution in [3.05, 3.63) is 0 Å². The first-order valence-corrected chi connectivity index (χ1v) is 7.86. The molecule has 3 unspecified atom stereocenters. The molecule has 0 aliphatic carbocycles. The average Bonchev–Trinajstić information content (AvgIpc) is 2.30. The van der Waals surface area contributed by atoms with E-state index in [0.717, 1.165) is 0 Å². The van der Waals surface area contributed by atoms with Crippen molar-refractivity contribution in [3.63, 3.8) is 0 Å². The van der Waals surface area contributed by atoms with E-state index in [2.05, 4.69) is 0 Å². The molecule has 0 bridgehead atoms. The van der Waals surface area contributed by atoms with Gasteiger partial charge in [-0.2, -0.15) is 8.42 Å². The van der Waals surface area contributed by atoms with Gasteiger partial charge in [-0.1, -0.05) is 40.5 Å². The van der Waals surface area contributed by atoms with E-state index < -0.39 is 44.6 Å². The summed E-state index contributed by atoms with van der Waals surface area (Å²) in [6, 6.07) is 0. The molecule has 0 aromatic rings. The largest absolute Gasteiger partial charge is 1.00 e. The second kappa shape index (κ2) is 11.7. The van der Waals surface area contributed by atoms with E-state index in [1.807, 2.05) is 0 Å². The minimum Gasteiger partial charge on any atom is -0.549 e. The van der Waals surface area contributed by atoms with Crippen molar-refractivity contribution in [3.8, 4) is 0 Å². The smallest absolute Gasteiger partial charge is 0.549 e. The molecule has 0 heterocycles. The molecule has 118 valence electrons. The van der Waals surface area contributed by atoms with E-state index in [9.17, 15) is 32.8 Å². The summed E-state index contributed by atoms with van der Waals surface area (Å²) in [4.78, 5) is 22.8. The van der Waals surface area contributed by atoms with Crippen LogP contribution in [-0.2, 0) is 19.7 Å². The SMILES string of the molecule is CCC(C)C(C(=O)[O-])(C(C)CC)C(C(=O)[O-])S(=O)(=O)O.[K+].[K+]. The Morgan fingerprint density at radius 1 is 1.05 bits per heavy atom. The van der Waals surface area contributed by atoms with Crippen molar-refractivity contribution >= 4 is 22.1 Å². The van der Waals surface area contributed by atoms with Crippen molar-refractivity contribution in [1.82, 2.24) is 0 Å². The number of rotatable bonds is 8. The van der Waals surface area contributed by atoms with Crippen LogP contribution in [0, 0.1) is 17.3 Å². The normalized spacial score (nSPS) is 17.9. The molecule has 1 N–H and O–H groups in total. The fraction of sp³-hybridized carbons (Fsp3) is 0.833. The Bertz CT molecular complexity index is 468. The fourth-order valence-electron chi connectivity index (χ4n) is 2.75.